The van der Waals surface area contributed by atoms with Crippen molar-refractivity contribution in [1.82, 2.24) is 10.2 Å². The molecule has 1 aliphatic rings. The van der Waals surface area contributed by atoms with Crippen molar-refractivity contribution < 1.29 is 9.53 Å². The summed E-state index contributed by atoms with van der Waals surface area (Å²) in [4.78, 5) is 13.6. The van der Waals surface area contributed by atoms with Crippen LogP contribution in [0, 0.1) is 0 Å². The topological polar surface area (TPSA) is 67.6 Å². The van der Waals surface area contributed by atoms with E-state index >= 15 is 0 Å². The minimum atomic E-state index is -0.550. The SMILES string of the molecule is COCCN(C)CCNC(=O)C1(N)CC1. The van der Waals surface area contributed by atoms with Crippen molar-refractivity contribution in [1.29, 1.82) is 0 Å². The summed E-state index contributed by atoms with van der Waals surface area (Å²) >= 11 is 0. The Morgan fingerprint density at radius 3 is 2.73 bits per heavy atom. The van der Waals surface area contributed by atoms with E-state index in [9.17, 15) is 4.79 Å². The normalized spacial score (nSPS) is 17.9. The lowest BCUT2D eigenvalue weighted by Crippen LogP contribution is -2.45. The van der Waals surface area contributed by atoms with Crippen LogP contribution in [0.1, 0.15) is 12.8 Å². The number of ether oxygens (including phenoxy) is 1. The van der Waals surface area contributed by atoms with Gasteiger partial charge in [0.1, 0.15) is 0 Å². The van der Waals surface area contributed by atoms with Gasteiger partial charge in [-0.1, -0.05) is 0 Å². The molecule has 0 aliphatic heterocycles. The summed E-state index contributed by atoms with van der Waals surface area (Å²) in [6.07, 6.45) is 1.64. The predicted octanol–water partition coefficient (Wildman–Crippen LogP) is -0.828. The van der Waals surface area contributed by atoms with E-state index < -0.39 is 5.54 Å². The first-order valence-corrected chi connectivity index (χ1v) is 5.33. The molecular formula is C10H21N3O2. The monoisotopic (exact) mass is 215 g/mol. The summed E-state index contributed by atoms with van der Waals surface area (Å²) in [5.74, 6) is -0.0114. The Kier molecular flexibility index (Phi) is 4.50. The van der Waals surface area contributed by atoms with Crippen LogP contribution in [0.3, 0.4) is 0 Å². The van der Waals surface area contributed by atoms with Gasteiger partial charge in [0.25, 0.3) is 0 Å². The third kappa shape index (κ3) is 4.15. The van der Waals surface area contributed by atoms with Gasteiger partial charge in [-0.3, -0.25) is 4.79 Å². The third-order valence-corrected chi connectivity index (χ3v) is 2.70. The number of carbonyl (C=O) groups is 1. The molecule has 1 aliphatic carbocycles. The Morgan fingerprint density at radius 1 is 1.53 bits per heavy atom. The molecular weight excluding hydrogens is 194 g/mol. The molecule has 0 atom stereocenters. The van der Waals surface area contributed by atoms with Crippen molar-refractivity contribution in [3.8, 4) is 0 Å². The molecule has 0 radical (unpaired) electrons. The van der Waals surface area contributed by atoms with Gasteiger partial charge in [0.2, 0.25) is 5.91 Å². The van der Waals surface area contributed by atoms with Gasteiger partial charge in [0, 0.05) is 26.7 Å². The molecule has 0 aromatic carbocycles. The molecule has 0 unspecified atom stereocenters. The first-order chi connectivity index (χ1) is 7.08. The van der Waals surface area contributed by atoms with Crippen molar-refractivity contribution in [2.45, 2.75) is 18.4 Å². The average molecular weight is 215 g/mol. The van der Waals surface area contributed by atoms with Crippen LogP contribution < -0.4 is 11.1 Å². The zero-order valence-corrected chi connectivity index (χ0v) is 9.58. The first kappa shape index (κ1) is 12.4. The van der Waals surface area contributed by atoms with E-state index in [-0.39, 0.29) is 5.91 Å². The average Bonchev–Trinajstić information content (AvgIpc) is 2.94. The molecule has 0 heterocycles. The lowest BCUT2D eigenvalue weighted by atomic mass is 10.3. The zero-order chi connectivity index (χ0) is 11.3. The Labute approximate surface area is 90.9 Å². The van der Waals surface area contributed by atoms with Crippen LogP contribution in [0.15, 0.2) is 0 Å². The van der Waals surface area contributed by atoms with Gasteiger partial charge in [0.05, 0.1) is 12.1 Å². The summed E-state index contributed by atoms with van der Waals surface area (Å²) in [5, 5.41) is 2.85. The number of hydrogen-bond donors (Lipinski definition) is 2. The summed E-state index contributed by atoms with van der Waals surface area (Å²) in [6, 6.07) is 0. The van der Waals surface area contributed by atoms with Gasteiger partial charge < -0.3 is 20.7 Å². The van der Waals surface area contributed by atoms with E-state index in [1.165, 1.54) is 0 Å². The number of hydrogen-bond acceptors (Lipinski definition) is 4. The molecule has 5 heteroatoms. The highest BCUT2D eigenvalue weighted by Crippen LogP contribution is 2.31. The minimum absolute atomic E-state index is 0.0114. The van der Waals surface area contributed by atoms with Gasteiger partial charge in [-0.15, -0.1) is 0 Å². The number of carbonyl (C=O) groups excluding carboxylic acids is 1. The largest absolute Gasteiger partial charge is 0.383 e. The highest BCUT2D eigenvalue weighted by Gasteiger charge is 2.45. The Hall–Kier alpha value is -0.650. The minimum Gasteiger partial charge on any atom is -0.383 e. The van der Waals surface area contributed by atoms with Crippen LogP contribution in [0.25, 0.3) is 0 Å². The lowest BCUT2D eigenvalue weighted by Gasteiger charge is -2.17. The number of amides is 1. The van der Waals surface area contributed by atoms with E-state index in [1.807, 2.05) is 7.05 Å². The predicted molar refractivity (Wildman–Crippen MR) is 58.5 cm³/mol. The number of likely N-dealkylation sites (N-methyl/N-ethyl adjacent to an activating group) is 1. The van der Waals surface area contributed by atoms with E-state index in [2.05, 4.69) is 10.2 Å². The Bertz CT molecular complexity index is 217. The smallest absolute Gasteiger partial charge is 0.240 e. The summed E-state index contributed by atoms with van der Waals surface area (Å²) in [7, 11) is 3.68. The zero-order valence-electron chi connectivity index (χ0n) is 9.58. The third-order valence-electron chi connectivity index (χ3n) is 2.70. The molecule has 15 heavy (non-hydrogen) atoms. The van der Waals surface area contributed by atoms with E-state index in [0.717, 1.165) is 25.9 Å². The molecule has 1 fully saturated rings. The molecule has 3 N–H and O–H groups in total. The second-order valence-corrected chi connectivity index (χ2v) is 4.21. The van der Waals surface area contributed by atoms with E-state index in [1.54, 1.807) is 7.11 Å². The van der Waals surface area contributed by atoms with Gasteiger partial charge in [-0.2, -0.15) is 0 Å². The summed E-state index contributed by atoms with van der Waals surface area (Å²) < 4.78 is 4.96. The van der Waals surface area contributed by atoms with Crippen LogP contribution in [0.4, 0.5) is 0 Å². The lowest BCUT2D eigenvalue weighted by molar-refractivity contribution is -0.123. The number of rotatable bonds is 7. The van der Waals surface area contributed by atoms with Crippen molar-refractivity contribution in [2.75, 3.05) is 40.4 Å². The number of nitrogens with zero attached hydrogens (tertiary/aromatic N) is 1. The van der Waals surface area contributed by atoms with Gasteiger partial charge in [-0.25, -0.2) is 0 Å². The second kappa shape index (κ2) is 5.44. The molecule has 88 valence electrons. The van der Waals surface area contributed by atoms with Crippen molar-refractivity contribution in [2.24, 2.45) is 5.73 Å². The van der Waals surface area contributed by atoms with Crippen molar-refractivity contribution in [3.05, 3.63) is 0 Å². The fourth-order valence-electron chi connectivity index (χ4n) is 1.26. The quantitative estimate of drug-likeness (QED) is 0.582. The molecule has 1 rings (SSSR count). The van der Waals surface area contributed by atoms with E-state index in [0.29, 0.717) is 13.2 Å². The van der Waals surface area contributed by atoms with Crippen LogP contribution in [0.2, 0.25) is 0 Å². The van der Waals surface area contributed by atoms with Crippen LogP contribution >= 0.6 is 0 Å². The maximum atomic E-state index is 11.4. The molecule has 0 bridgehead atoms. The van der Waals surface area contributed by atoms with Gasteiger partial charge in [-0.05, 0) is 19.9 Å². The second-order valence-electron chi connectivity index (χ2n) is 4.21. The Balaban J connectivity index is 2.03. The van der Waals surface area contributed by atoms with Crippen molar-refractivity contribution >= 4 is 5.91 Å². The fourth-order valence-corrected chi connectivity index (χ4v) is 1.26. The summed E-state index contributed by atoms with van der Waals surface area (Å²) in [5.41, 5.74) is 5.19. The number of methoxy groups -OCH3 is 1. The fraction of sp³-hybridized carbons (Fsp3) is 0.900. The molecule has 0 aromatic rings. The number of nitrogens with one attached hydrogen (secondary N) is 1. The van der Waals surface area contributed by atoms with Crippen LogP contribution in [0.5, 0.6) is 0 Å². The molecule has 0 saturated heterocycles. The molecule has 0 aromatic heterocycles. The van der Waals surface area contributed by atoms with Gasteiger partial charge in [0.15, 0.2) is 0 Å². The maximum absolute atomic E-state index is 11.4. The number of nitrogens with two attached hydrogens (primary N) is 1. The Morgan fingerprint density at radius 2 is 2.20 bits per heavy atom. The highest BCUT2D eigenvalue weighted by molar-refractivity contribution is 5.88. The van der Waals surface area contributed by atoms with Crippen LogP contribution in [-0.4, -0.2) is 56.7 Å². The van der Waals surface area contributed by atoms with E-state index in [4.69, 9.17) is 10.5 Å². The van der Waals surface area contributed by atoms with Crippen LogP contribution in [-0.2, 0) is 9.53 Å². The van der Waals surface area contributed by atoms with Crippen molar-refractivity contribution in [3.63, 3.8) is 0 Å². The summed E-state index contributed by atoms with van der Waals surface area (Å²) in [6.45, 7) is 3.06. The maximum Gasteiger partial charge on any atom is 0.240 e. The van der Waals surface area contributed by atoms with Gasteiger partial charge >= 0.3 is 0 Å². The first-order valence-electron chi connectivity index (χ1n) is 5.33. The molecule has 1 saturated carbocycles. The highest BCUT2D eigenvalue weighted by atomic mass is 16.5. The standard InChI is InChI=1S/C10H21N3O2/c1-13(7-8-15-2)6-5-12-9(14)10(11)3-4-10/h3-8,11H2,1-2H3,(H,12,14). The molecule has 1 amide bonds. The molecule has 5 nitrogen and oxygen atoms in total. The molecule has 0 spiro atoms.